The minimum absolute atomic E-state index is 0. The largest absolute Gasteiger partial charge is 1.00 e. The van der Waals surface area contributed by atoms with Crippen LogP contribution >= 0.6 is 12.2 Å². The fraction of sp³-hybridized carbons (Fsp3) is 0.125. The quantitative estimate of drug-likeness (QED) is 0.137. The summed E-state index contributed by atoms with van der Waals surface area (Å²) in [6, 6.07) is 8.36. The van der Waals surface area contributed by atoms with Crippen molar-refractivity contribution < 1.29 is 94.9 Å². The number of aromatic amines is 2. The van der Waals surface area contributed by atoms with Gasteiger partial charge in [0.1, 0.15) is 11.5 Å². The van der Waals surface area contributed by atoms with E-state index in [1.807, 2.05) is 0 Å². The first-order valence-electron chi connectivity index (χ1n) is 7.86. The van der Waals surface area contributed by atoms with Gasteiger partial charge in [-0.1, -0.05) is 6.07 Å². The van der Waals surface area contributed by atoms with Crippen LogP contribution < -0.4 is 73.6 Å². The minimum Gasteiger partial charge on any atom is -0.769 e. The summed E-state index contributed by atoms with van der Waals surface area (Å²) in [4.78, 5) is 13.0. The number of benzene rings is 2. The first-order valence-corrected chi connectivity index (χ1v) is 9.35. The summed E-state index contributed by atoms with van der Waals surface area (Å²) in [5, 5.41) is -0.371. The van der Waals surface area contributed by atoms with E-state index in [0.29, 0.717) is 15.8 Å². The number of rotatable bonds is 5. The average Bonchev–Trinajstić information content (AvgIpc) is 3.23. The van der Waals surface area contributed by atoms with Crippen molar-refractivity contribution in [3.63, 3.8) is 0 Å². The molecule has 2 aromatic carbocycles. The molecule has 2 aromatic heterocycles. The second kappa shape index (κ2) is 13.1. The Labute approximate surface area is 229 Å². The smallest absolute Gasteiger partial charge is 0.769 e. The number of H-pyrrole nitrogens is 2. The molecule has 0 bridgehead atoms. The van der Waals surface area contributed by atoms with Gasteiger partial charge >= 0.3 is 72.3 Å². The number of hydrogen-bond acceptors (Lipinski definition) is 6. The van der Waals surface area contributed by atoms with E-state index in [1.165, 1.54) is 30.3 Å². The number of fused-ring (bicyclic) bond motifs is 2. The first-order chi connectivity index (χ1) is 14.2. The van der Waals surface area contributed by atoms with Crippen LogP contribution in [0.15, 0.2) is 41.6 Å². The van der Waals surface area contributed by atoms with Gasteiger partial charge in [-0.2, -0.15) is 17.6 Å². The standard InChI is InChI=1S/C8H5F2N2O3S.C8H6F2N2OS.2Na/c9-7(10)15-4-1-2-5-6(3-4)12-8(11-5)16(13)14;9-7(10)13-4-1-2-5-6(3-4)12-8(14)11-5;;/h1-3,7H,(H-,11,12,13,14);1-3,7H,(H2,11,12,14);;/q-1;;2*+1/p-1. The summed E-state index contributed by atoms with van der Waals surface area (Å²) in [6.45, 7) is -5.75. The summed E-state index contributed by atoms with van der Waals surface area (Å²) in [6.07, 6.45) is 0. The Kier molecular flexibility index (Phi) is 11.9. The van der Waals surface area contributed by atoms with Crippen LogP contribution in [0.2, 0.25) is 0 Å². The zero-order valence-electron chi connectivity index (χ0n) is 16.5. The Bertz CT molecular complexity index is 1250. The molecule has 1 atom stereocenters. The zero-order chi connectivity index (χ0) is 21.8. The second-order valence-corrected chi connectivity index (χ2v) is 6.68. The number of alkyl halides is 4. The molecule has 0 amide bonds. The van der Waals surface area contributed by atoms with Gasteiger partial charge in [-0.3, -0.25) is 4.21 Å². The predicted octanol–water partition coefficient (Wildman–Crippen LogP) is -2.13. The second-order valence-electron chi connectivity index (χ2n) is 5.43. The van der Waals surface area contributed by atoms with Crippen LogP contribution in [0.3, 0.4) is 0 Å². The maximum atomic E-state index is 11.9. The van der Waals surface area contributed by atoms with E-state index in [1.54, 1.807) is 6.07 Å². The number of hydrogen-bond donors (Lipinski definition) is 2. The van der Waals surface area contributed by atoms with E-state index in [2.05, 4.69) is 29.4 Å². The van der Waals surface area contributed by atoms with Gasteiger partial charge in [-0.15, -0.1) is 0 Å². The molecule has 1 unspecified atom stereocenters. The van der Waals surface area contributed by atoms with Gasteiger partial charge in [0.15, 0.2) is 4.77 Å². The number of halogens is 4. The van der Waals surface area contributed by atoms with Crippen molar-refractivity contribution >= 4 is 45.4 Å². The fourth-order valence-electron chi connectivity index (χ4n) is 2.36. The zero-order valence-corrected chi connectivity index (χ0v) is 22.1. The van der Waals surface area contributed by atoms with E-state index >= 15 is 0 Å². The summed E-state index contributed by atoms with van der Waals surface area (Å²) >= 11 is 2.30. The van der Waals surface area contributed by atoms with Crippen molar-refractivity contribution in [3.8, 4) is 11.5 Å². The summed E-state index contributed by atoms with van der Waals surface area (Å²) in [7, 11) is 0. The molecule has 32 heavy (non-hydrogen) atoms. The molecule has 2 heterocycles. The maximum Gasteiger partial charge on any atom is 1.00 e. The average molecular weight is 508 g/mol. The molecule has 4 aromatic rings. The molecule has 0 fully saturated rings. The number of nitrogens with one attached hydrogen (secondary N) is 2. The topological polar surface area (TPSA) is 117 Å². The van der Waals surface area contributed by atoms with Crippen molar-refractivity contribution in [2.45, 2.75) is 18.4 Å². The van der Waals surface area contributed by atoms with E-state index in [-0.39, 0.29) is 81.3 Å². The van der Waals surface area contributed by atoms with Gasteiger partial charge in [0.25, 0.3) is 0 Å². The summed E-state index contributed by atoms with van der Waals surface area (Å²) in [5.41, 5.74) is 1.91. The molecule has 160 valence electrons. The molecule has 0 aliphatic carbocycles. The van der Waals surface area contributed by atoms with Crippen molar-refractivity contribution in [2.75, 3.05) is 0 Å². The Morgan fingerprint density at radius 3 is 2.12 bits per heavy atom. The van der Waals surface area contributed by atoms with Gasteiger partial charge in [-0.25, -0.2) is 0 Å². The van der Waals surface area contributed by atoms with Crippen LogP contribution in [0.25, 0.3) is 22.1 Å². The number of imidazole rings is 2. The molecule has 0 aliphatic heterocycles. The minimum atomic E-state index is -2.94. The molecule has 0 radical (unpaired) electrons. The summed E-state index contributed by atoms with van der Waals surface area (Å²) in [5.74, 6) is 0.0170. The van der Waals surface area contributed by atoms with Crippen LogP contribution in [-0.4, -0.2) is 36.9 Å². The molecule has 4 rings (SSSR count). The van der Waals surface area contributed by atoms with E-state index in [4.69, 9.17) is 12.2 Å². The number of ether oxygens (including phenoxy) is 2. The molecular formula is C16H10F4N4Na2O4S2. The molecule has 8 nitrogen and oxygen atoms in total. The monoisotopic (exact) mass is 508 g/mol. The van der Waals surface area contributed by atoms with Gasteiger partial charge < -0.3 is 34.0 Å². The first kappa shape index (κ1) is 29.1. The normalized spacial score (nSPS) is 11.5. The number of nitrogens with zero attached hydrogens (tertiary/aromatic N) is 2. The van der Waals surface area contributed by atoms with Crippen LogP contribution in [0, 0.1) is 4.77 Å². The Hall–Kier alpha value is -0.970. The Balaban J connectivity index is 0.000000303. The fourth-order valence-corrected chi connectivity index (χ4v) is 2.92. The van der Waals surface area contributed by atoms with Gasteiger partial charge in [0.05, 0.1) is 11.0 Å². The van der Waals surface area contributed by atoms with Gasteiger partial charge in [-0.05, 0) is 63.8 Å². The Morgan fingerprint density at radius 1 is 0.969 bits per heavy atom. The molecule has 0 saturated heterocycles. The molecule has 0 aliphatic rings. The third kappa shape index (κ3) is 8.11. The predicted molar refractivity (Wildman–Crippen MR) is 99.0 cm³/mol. The molecule has 16 heteroatoms. The third-order valence-corrected chi connectivity index (χ3v) is 4.15. The van der Waals surface area contributed by atoms with E-state index < -0.39 is 24.3 Å². The Morgan fingerprint density at radius 2 is 1.53 bits per heavy atom. The van der Waals surface area contributed by atoms with Crippen molar-refractivity contribution in [2.24, 2.45) is 0 Å². The summed E-state index contributed by atoms with van der Waals surface area (Å²) < 4.78 is 77.5. The van der Waals surface area contributed by atoms with Crippen LogP contribution in [-0.2, 0) is 11.1 Å². The van der Waals surface area contributed by atoms with E-state index in [9.17, 15) is 26.3 Å². The molecular weight excluding hydrogens is 498 g/mol. The van der Waals surface area contributed by atoms with Gasteiger partial charge in [0, 0.05) is 6.07 Å². The molecule has 0 spiro atoms. The molecule has 0 saturated carbocycles. The van der Waals surface area contributed by atoms with Gasteiger partial charge in [0.2, 0.25) is 0 Å². The third-order valence-electron chi connectivity index (χ3n) is 3.47. The van der Waals surface area contributed by atoms with Crippen molar-refractivity contribution in [1.29, 1.82) is 0 Å². The van der Waals surface area contributed by atoms with Crippen LogP contribution in [0.5, 0.6) is 11.5 Å². The SMILES string of the molecule is FC(F)Oc1ccc2[nH]c(=S)[nH]c2c1.O=S([O-])c1nc2cc(OC(F)F)ccc2[n-]1.[Na+].[Na+]. The number of aromatic nitrogens is 4. The van der Waals surface area contributed by atoms with Crippen LogP contribution in [0.1, 0.15) is 0 Å². The van der Waals surface area contributed by atoms with Crippen molar-refractivity contribution in [3.05, 3.63) is 41.2 Å². The van der Waals surface area contributed by atoms with Crippen molar-refractivity contribution in [1.82, 2.24) is 19.9 Å². The van der Waals surface area contributed by atoms with E-state index in [0.717, 1.165) is 5.52 Å². The van der Waals surface area contributed by atoms with Crippen LogP contribution in [0.4, 0.5) is 17.6 Å². The molecule has 2 N–H and O–H groups in total. The maximum absolute atomic E-state index is 11.9.